The first-order chi connectivity index (χ1) is 12.2. The standard InChI is InChI=1S/C17H14Cl2N6/c18-14-3-11(16(19)22-7-14)8-25-2-1-15-13(9-25)6-23-17(24-15)12-4-20-10-21-5-12/h3-7,10H,1-2,8-9H2. The second-order valence-electron chi connectivity index (χ2n) is 5.86. The molecule has 25 heavy (non-hydrogen) atoms. The summed E-state index contributed by atoms with van der Waals surface area (Å²) in [4.78, 5) is 23.6. The molecule has 0 fully saturated rings. The largest absolute Gasteiger partial charge is 0.294 e. The summed E-state index contributed by atoms with van der Waals surface area (Å²) in [7, 11) is 0. The van der Waals surface area contributed by atoms with Crippen molar-refractivity contribution in [2.24, 2.45) is 0 Å². The molecule has 1 aliphatic heterocycles. The molecule has 3 aromatic rings. The van der Waals surface area contributed by atoms with Crippen molar-refractivity contribution in [1.82, 2.24) is 29.8 Å². The predicted molar refractivity (Wildman–Crippen MR) is 95.1 cm³/mol. The van der Waals surface area contributed by atoms with E-state index in [0.717, 1.165) is 41.9 Å². The topological polar surface area (TPSA) is 67.7 Å². The Bertz CT molecular complexity index is 903. The zero-order valence-corrected chi connectivity index (χ0v) is 14.7. The van der Waals surface area contributed by atoms with Gasteiger partial charge in [-0.15, -0.1) is 0 Å². The molecule has 0 bridgehead atoms. The van der Waals surface area contributed by atoms with Crippen LogP contribution in [0.3, 0.4) is 0 Å². The van der Waals surface area contributed by atoms with Gasteiger partial charge in [0.25, 0.3) is 0 Å². The zero-order valence-electron chi connectivity index (χ0n) is 13.2. The average molecular weight is 373 g/mol. The number of rotatable bonds is 3. The molecule has 4 heterocycles. The van der Waals surface area contributed by atoms with Crippen molar-refractivity contribution in [1.29, 1.82) is 0 Å². The Balaban J connectivity index is 1.53. The maximum atomic E-state index is 6.17. The van der Waals surface area contributed by atoms with Crippen molar-refractivity contribution in [3.63, 3.8) is 0 Å². The molecule has 6 nitrogen and oxygen atoms in total. The van der Waals surface area contributed by atoms with E-state index in [2.05, 4.69) is 29.8 Å². The third-order valence-corrected chi connectivity index (χ3v) is 4.65. The molecule has 1 aliphatic rings. The van der Waals surface area contributed by atoms with E-state index >= 15 is 0 Å². The summed E-state index contributed by atoms with van der Waals surface area (Å²) in [5.41, 5.74) is 3.94. The van der Waals surface area contributed by atoms with Crippen molar-refractivity contribution in [2.45, 2.75) is 19.5 Å². The Kier molecular flexibility index (Phi) is 4.57. The van der Waals surface area contributed by atoms with Crippen molar-refractivity contribution in [3.8, 4) is 11.4 Å². The van der Waals surface area contributed by atoms with Gasteiger partial charge in [-0.3, -0.25) is 4.90 Å². The van der Waals surface area contributed by atoms with Crippen LogP contribution in [-0.2, 0) is 19.5 Å². The molecule has 0 aromatic carbocycles. The van der Waals surface area contributed by atoms with Crippen molar-refractivity contribution >= 4 is 23.2 Å². The van der Waals surface area contributed by atoms with E-state index in [1.54, 1.807) is 18.6 Å². The molecule has 0 N–H and O–H groups in total. The third-order valence-electron chi connectivity index (χ3n) is 4.10. The highest BCUT2D eigenvalue weighted by atomic mass is 35.5. The molecule has 0 radical (unpaired) electrons. The summed E-state index contributed by atoms with van der Waals surface area (Å²) in [6.07, 6.45) is 9.23. The number of halogens is 2. The molecule has 0 amide bonds. The van der Waals surface area contributed by atoms with Crippen LogP contribution in [0.2, 0.25) is 10.2 Å². The normalized spacial score (nSPS) is 14.3. The predicted octanol–water partition coefficient (Wildman–Crippen LogP) is 3.19. The van der Waals surface area contributed by atoms with E-state index < -0.39 is 0 Å². The van der Waals surface area contributed by atoms with Crippen LogP contribution < -0.4 is 0 Å². The number of hydrogen-bond acceptors (Lipinski definition) is 6. The Hall–Kier alpha value is -2.15. The molecular weight excluding hydrogens is 359 g/mol. The van der Waals surface area contributed by atoms with Crippen LogP contribution >= 0.6 is 23.2 Å². The fourth-order valence-corrected chi connectivity index (χ4v) is 3.22. The third kappa shape index (κ3) is 3.61. The summed E-state index contributed by atoms with van der Waals surface area (Å²) in [5.74, 6) is 0.662. The van der Waals surface area contributed by atoms with E-state index in [-0.39, 0.29) is 0 Å². The summed E-state index contributed by atoms with van der Waals surface area (Å²) < 4.78 is 0. The number of nitrogens with zero attached hydrogens (tertiary/aromatic N) is 6. The molecule has 8 heteroatoms. The molecular formula is C17H14Cl2N6. The molecule has 4 rings (SSSR count). The SMILES string of the molecule is Clc1cnc(Cl)c(CN2CCc3nc(-c4cncnc4)ncc3C2)c1. The highest BCUT2D eigenvalue weighted by molar-refractivity contribution is 6.32. The van der Waals surface area contributed by atoms with Crippen molar-refractivity contribution in [3.05, 3.63) is 64.2 Å². The lowest BCUT2D eigenvalue weighted by Crippen LogP contribution is -2.31. The highest BCUT2D eigenvalue weighted by Gasteiger charge is 2.20. The first-order valence-corrected chi connectivity index (χ1v) is 8.57. The number of hydrogen-bond donors (Lipinski definition) is 0. The zero-order chi connectivity index (χ0) is 17.2. The maximum absolute atomic E-state index is 6.17. The van der Waals surface area contributed by atoms with Gasteiger partial charge in [-0.25, -0.2) is 24.9 Å². The monoisotopic (exact) mass is 372 g/mol. The molecule has 126 valence electrons. The van der Waals surface area contributed by atoms with Crippen LogP contribution in [0.1, 0.15) is 16.8 Å². The van der Waals surface area contributed by atoms with E-state index in [4.69, 9.17) is 23.2 Å². The average Bonchev–Trinajstić information content (AvgIpc) is 2.65. The lowest BCUT2D eigenvalue weighted by Gasteiger charge is -2.28. The van der Waals surface area contributed by atoms with E-state index in [1.807, 2.05) is 12.3 Å². The lowest BCUT2D eigenvalue weighted by atomic mass is 10.1. The summed E-state index contributed by atoms with van der Waals surface area (Å²) in [6.45, 7) is 2.35. The van der Waals surface area contributed by atoms with Crippen molar-refractivity contribution < 1.29 is 0 Å². The Morgan fingerprint density at radius 1 is 1.04 bits per heavy atom. The minimum Gasteiger partial charge on any atom is -0.294 e. The van der Waals surface area contributed by atoms with Crippen LogP contribution in [-0.4, -0.2) is 36.4 Å². The van der Waals surface area contributed by atoms with Gasteiger partial charge in [0.15, 0.2) is 5.82 Å². The number of pyridine rings is 1. The molecule has 0 spiro atoms. The van der Waals surface area contributed by atoms with Crippen LogP contribution in [0.25, 0.3) is 11.4 Å². The lowest BCUT2D eigenvalue weighted by molar-refractivity contribution is 0.243. The van der Waals surface area contributed by atoms with Gasteiger partial charge < -0.3 is 0 Å². The Labute approximate surface area is 154 Å². The van der Waals surface area contributed by atoms with Gasteiger partial charge in [-0.1, -0.05) is 23.2 Å². The summed E-state index contributed by atoms with van der Waals surface area (Å²) in [6, 6.07) is 1.86. The molecule has 0 atom stereocenters. The molecule has 0 saturated carbocycles. The first kappa shape index (κ1) is 16.3. The van der Waals surface area contributed by atoms with Gasteiger partial charge in [-0.2, -0.15) is 0 Å². The van der Waals surface area contributed by atoms with Gasteiger partial charge in [0.05, 0.1) is 16.3 Å². The molecule has 0 saturated heterocycles. The molecule has 0 aliphatic carbocycles. The second kappa shape index (κ2) is 7.00. The molecule has 3 aromatic heterocycles. The summed E-state index contributed by atoms with van der Waals surface area (Å²) >= 11 is 12.2. The van der Waals surface area contributed by atoms with E-state index in [9.17, 15) is 0 Å². The van der Waals surface area contributed by atoms with Crippen LogP contribution in [0.5, 0.6) is 0 Å². The van der Waals surface area contributed by atoms with Crippen LogP contribution in [0.15, 0.2) is 37.2 Å². The Morgan fingerprint density at radius 3 is 2.72 bits per heavy atom. The van der Waals surface area contributed by atoms with Crippen molar-refractivity contribution in [2.75, 3.05) is 6.54 Å². The van der Waals surface area contributed by atoms with Gasteiger partial charge in [0.1, 0.15) is 11.5 Å². The fourth-order valence-electron chi connectivity index (χ4n) is 2.88. The van der Waals surface area contributed by atoms with E-state index in [0.29, 0.717) is 22.5 Å². The van der Waals surface area contributed by atoms with Gasteiger partial charge in [0, 0.05) is 62.0 Å². The number of fused-ring (bicyclic) bond motifs is 1. The minimum atomic E-state index is 0.492. The van der Waals surface area contributed by atoms with Gasteiger partial charge in [0.2, 0.25) is 0 Å². The van der Waals surface area contributed by atoms with Crippen LogP contribution in [0, 0.1) is 0 Å². The van der Waals surface area contributed by atoms with Gasteiger partial charge in [-0.05, 0) is 6.07 Å². The molecule has 0 unspecified atom stereocenters. The quantitative estimate of drug-likeness (QED) is 0.657. The summed E-state index contributed by atoms with van der Waals surface area (Å²) in [5, 5.41) is 1.08. The Morgan fingerprint density at radius 2 is 1.88 bits per heavy atom. The second-order valence-corrected chi connectivity index (χ2v) is 6.65. The fraction of sp³-hybridized carbons (Fsp3) is 0.235. The van der Waals surface area contributed by atoms with E-state index in [1.165, 1.54) is 6.33 Å². The smallest absolute Gasteiger partial charge is 0.162 e. The first-order valence-electron chi connectivity index (χ1n) is 7.81. The van der Waals surface area contributed by atoms with Gasteiger partial charge >= 0.3 is 0 Å². The highest BCUT2D eigenvalue weighted by Crippen LogP contribution is 2.24. The van der Waals surface area contributed by atoms with Crippen LogP contribution in [0.4, 0.5) is 0 Å². The maximum Gasteiger partial charge on any atom is 0.162 e. The number of aromatic nitrogens is 5. The minimum absolute atomic E-state index is 0.492.